The van der Waals surface area contributed by atoms with Gasteiger partial charge in [0.1, 0.15) is 29.7 Å². The van der Waals surface area contributed by atoms with E-state index in [0.717, 1.165) is 16.7 Å². The Balaban J connectivity index is 0.000000676. The monoisotopic (exact) mass is 627 g/mol. The van der Waals surface area contributed by atoms with E-state index in [0.29, 0.717) is 5.56 Å². The maximum atomic E-state index is 13.4. The van der Waals surface area contributed by atoms with E-state index < -0.39 is 59.2 Å². The molecule has 0 aliphatic carbocycles. The number of hydrogen-bond donors (Lipinski definition) is 4. The van der Waals surface area contributed by atoms with Gasteiger partial charge in [-0.1, -0.05) is 12.1 Å². The Bertz CT molecular complexity index is 1700. The second-order valence-electron chi connectivity index (χ2n) is 8.96. The maximum absolute atomic E-state index is 13.4. The first kappa shape index (κ1) is 32.9. The normalized spacial score (nSPS) is 12.4. The van der Waals surface area contributed by atoms with Crippen molar-refractivity contribution in [2.45, 2.75) is 32.0 Å². The number of amides is 1. The summed E-state index contributed by atoms with van der Waals surface area (Å²) >= 11 is 0. The number of alkyl halides is 6. The molecular formula is C26H19F6N5O7. The first-order chi connectivity index (χ1) is 20.4. The predicted octanol–water partition coefficient (Wildman–Crippen LogP) is 2.86. The van der Waals surface area contributed by atoms with Gasteiger partial charge in [0.15, 0.2) is 0 Å². The van der Waals surface area contributed by atoms with Crippen LogP contribution in [0.2, 0.25) is 0 Å². The Morgan fingerprint density at radius 1 is 1.02 bits per heavy atom. The number of fused-ring (bicyclic) bond motifs is 1. The lowest BCUT2D eigenvalue weighted by molar-refractivity contribution is -0.192. The van der Waals surface area contributed by atoms with Gasteiger partial charge in [0.25, 0.3) is 11.5 Å². The molecule has 0 saturated heterocycles. The van der Waals surface area contributed by atoms with Crippen LogP contribution in [-0.2, 0) is 35.4 Å². The summed E-state index contributed by atoms with van der Waals surface area (Å²) in [5, 5.41) is 38.3. The summed E-state index contributed by atoms with van der Waals surface area (Å²) in [5.74, 6) is -5.63. The number of aromatic hydroxyl groups is 1. The molecule has 0 spiro atoms. The number of nitriles is 1. The fraction of sp³-hybridized carbons (Fsp3) is 0.231. The summed E-state index contributed by atoms with van der Waals surface area (Å²) in [6.45, 7) is -1.08. The number of carboxylic acid groups (broad SMARTS) is 2. The third-order valence-corrected chi connectivity index (χ3v) is 6.04. The number of carbonyl (C=O) groups is 3. The number of carboxylic acids is 2. The Morgan fingerprint density at radius 3 is 2.16 bits per heavy atom. The van der Waals surface area contributed by atoms with Crippen LogP contribution in [0.4, 0.5) is 32.2 Å². The van der Waals surface area contributed by atoms with E-state index in [1.807, 2.05) is 11.4 Å². The minimum atomic E-state index is -5.08. The number of nitrogens with zero attached hydrogens (tertiary/aromatic N) is 4. The number of halogens is 6. The molecule has 1 aliphatic rings. The molecule has 1 aromatic carbocycles. The number of rotatable bonds is 6. The molecule has 1 amide bonds. The van der Waals surface area contributed by atoms with Crippen molar-refractivity contribution in [2.24, 2.45) is 0 Å². The topological polar surface area (TPSA) is 186 Å². The van der Waals surface area contributed by atoms with Crippen LogP contribution in [0.1, 0.15) is 38.3 Å². The average Bonchev–Trinajstić information content (AvgIpc) is 3.39. The van der Waals surface area contributed by atoms with Crippen molar-refractivity contribution < 1.29 is 56.0 Å². The molecule has 0 fully saturated rings. The van der Waals surface area contributed by atoms with Gasteiger partial charge >= 0.3 is 24.3 Å². The molecule has 4 rings (SSSR count). The predicted molar refractivity (Wildman–Crippen MR) is 135 cm³/mol. The summed E-state index contributed by atoms with van der Waals surface area (Å²) < 4.78 is 71.8. The number of nitrogens with one attached hydrogen (secondary N) is 1. The van der Waals surface area contributed by atoms with Crippen LogP contribution in [0, 0.1) is 11.3 Å². The number of hydrogen-bond acceptors (Lipinski definition) is 8. The molecule has 2 aromatic heterocycles. The smallest absolute Gasteiger partial charge is 0.490 e. The van der Waals surface area contributed by atoms with Crippen LogP contribution in [0.25, 0.3) is 0 Å². The molecule has 4 N–H and O–H groups in total. The van der Waals surface area contributed by atoms with Gasteiger partial charge in [0, 0.05) is 17.5 Å². The average molecular weight is 627 g/mol. The van der Waals surface area contributed by atoms with Crippen LogP contribution in [0.3, 0.4) is 0 Å². The van der Waals surface area contributed by atoms with Crippen molar-refractivity contribution >= 4 is 23.7 Å². The Hall–Kier alpha value is -5.60. The molecular weight excluding hydrogens is 608 g/mol. The summed E-state index contributed by atoms with van der Waals surface area (Å²) in [4.78, 5) is 51.6. The van der Waals surface area contributed by atoms with Crippen molar-refractivity contribution in [2.75, 3.05) is 11.4 Å². The third kappa shape index (κ3) is 7.42. The molecule has 0 bridgehead atoms. The van der Waals surface area contributed by atoms with E-state index in [4.69, 9.17) is 15.0 Å². The van der Waals surface area contributed by atoms with Crippen LogP contribution >= 0.6 is 0 Å². The highest BCUT2D eigenvalue weighted by Crippen LogP contribution is 2.35. The van der Waals surface area contributed by atoms with E-state index in [2.05, 4.69) is 4.98 Å². The summed E-state index contributed by atoms with van der Waals surface area (Å²) in [7, 11) is 0. The zero-order chi connectivity index (χ0) is 33.0. The van der Waals surface area contributed by atoms with Crippen LogP contribution in [0.15, 0.2) is 47.4 Å². The minimum absolute atomic E-state index is 0.00147. The molecule has 1 aliphatic heterocycles. The number of anilines is 1. The fourth-order valence-electron chi connectivity index (χ4n) is 4.07. The molecule has 0 radical (unpaired) electrons. The molecule has 0 saturated carbocycles. The Labute approximate surface area is 242 Å². The lowest BCUT2D eigenvalue weighted by Gasteiger charge is -2.18. The maximum Gasteiger partial charge on any atom is 0.490 e. The van der Waals surface area contributed by atoms with Crippen molar-refractivity contribution in [3.63, 3.8) is 0 Å². The highest BCUT2D eigenvalue weighted by Gasteiger charge is 2.38. The van der Waals surface area contributed by atoms with E-state index in [1.165, 1.54) is 24.4 Å². The highest BCUT2D eigenvalue weighted by atomic mass is 19.4. The number of pyridine rings is 2. The largest absolute Gasteiger partial charge is 0.506 e. The highest BCUT2D eigenvalue weighted by molar-refractivity contribution is 5.98. The van der Waals surface area contributed by atoms with Crippen molar-refractivity contribution in [1.29, 1.82) is 5.26 Å². The van der Waals surface area contributed by atoms with Crippen LogP contribution < -0.4 is 15.8 Å². The van der Waals surface area contributed by atoms with Crippen molar-refractivity contribution in [1.82, 2.24) is 14.9 Å². The standard InChI is InChI=1S/C24H18F3N5O5.C2HF3O2/c25-24(26,27)15-5-3-13(4-6-15)10-32-17-12-31(21-14(8-28)2-1-7-29-21)11-16(17)20(35)19(23(32)37)22(36)30-9-18(33)34;3-2(4,5)1(6)7/h1-7,35H,9-12H2,(H,30,36)(H,33,34);(H,6,7). The van der Waals surface area contributed by atoms with E-state index in [1.54, 1.807) is 11.0 Å². The van der Waals surface area contributed by atoms with Crippen LogP contribution in [-0.4, -0.2) is 55.4 Å². The first-order valence-corrected chi connectivity index (χ1v) is 12.0. The van der Waals surface area contributed by atoms with Gasteiger partial charge in [-0.15, -0.1) is 0 Å². The van der Waals surface area contributed by atoms with Crippen molar-refractivity contribution in [3.05, 3.63) is 86.5 Å². The molecule has 12 nitrogen and oxygen atoms in total. The second-order valence-corrected chi connectivity index (χ2v) is 8.96. The number of aliphatic carboxylic acids is 2. The lowest BCUT2D eigenvalue weighted by Crippen LogP contribution is -2.37. The SMILES string of the molecule is N#Cc1cccnc1N1Cc2c(O)c(C(=O)NCC(=O)O)c(=O)n(Cc3ccc(C(F)(F)F)cc3)c2C1.O=C(O)C(F)(F)F. The number of carbonyl (C=O) groups excluding carboxylic acids is 1. The summed E-state index contributed by atoms with van der Waals surface area (Å²) in [6, 6.07) is 9.21. The van der Waals surface area contributed by atoms with E-state index in [-0.39, 0.29) is 42.3 Å². The van der Waals surface area contributed by atoms with Crippen LogP contribution in [0.5, 0.6) is 5.75 Å². The van der Waals surface area contributed by atoms with Gasteiger partial charge in [-0.05, 0) is 29.8 Å². The van der Waals surface area contributed by atoms with Gasteiger partial charge in [-0.3, -0.25) is 14.4 Å². The Kier molecular flexibility index (Phi) is 9.52. The van der Waals surface area contributed by atoms with Gasteiger partial charge in [0.05, 0.1) is 30.8 Å². The molecule has 44 heavy (non-hydrogen) atoms. The van der Waals surface area contributed by atoms with Gasteiger partial charge in [0.2, 0.25) is 0 Å². The minimum Gasteiger partial charge on any atom is -0.506 e. The Morgan fingerprint density at radius 2 is 1.64 bits per heavy atom. The first-order valence-electron chi connectivity index (χ1n) is 12.0. The molecule has 0 unspecified atom stereocenters. The molecule has 3 heterocycles. The molecule has 232 valence electrons. The zero-order valence-corrected chi connectivity index (χ0v) is 21.9. The fourth-order valence-corrected chi connectivity index (χ4v) is 4.07. The lowest BCUT2D eigenvalue weighted by atomic mass is 10.1. The van der Waals surface area contributed by atoms with Crippen molar-refractivity contribution in [3.8, 4) is 11.8 Å². The van der Waals surface area contributed by atoms with Gasteiger partial charge in [-0.25, -0.2) is 9.78 Å². The number of benzene rings is 1. The third-order valence-electron chi connectivity index (χ3n) is 6.04. The molecule has 18 heteroatoms. The zero-order valence-electron chi connectivity index (χ0n) is 21.9. The van der Waals surface area contributed by atoms with E-state index in [9.17, 15) is 51.1 Å². The molecule has 0 atom stereocenters. The summed E-state index contributed by atoms with van der Waals surface area (Å²) in [6.07, 6.45) is -8.18. The van der Waals surface area contributed by atoms with E-state index >= 15 is 0 Å². The quantitative estimate of drug-likeness (QED) is 0.296. The summed E-state index contributed by atoms with van der Waals surface area (Å²) in [5.41, 5.74) is -1.55. The van der Waals surface area contributed by atoms with Gasteiger partial charge < -0.3 is 30.1 Å². The van der Waals surface area contributed by atoms with Gasteiger partial charge in [-0.2, -0.15) is 31.6 Å². The number of aromatic nitrogens is 2. The second kappa shape index (κ2) is 12.7. The molecule has 3 aromatic rings.